The molecular formula is C16H17N3. The third-order valence-corrected chi connectivity index (χ3v) is 3.99. The fraction of sp³-hybridized carbons (Fsp3) is 0.312. The molecule has 2 N–H and O–H groups in total. The Morgan fingerprint density at radius 3 is 2.79 bits per heavy atom. The number of anilines is 2. The van der Waals surface area contributed by atoms with Gasteiger partial charge in [-0.05, 0) is 49.1 Å². The predicted octanol–water partition coefficient (Wildman–Crippen LogP) is 3.07. The number of rotatable bonds is 1. The van der Waals surface area contributed by atoms with E-state index in [1.165, 1.54) is 34.6 Å². The van der Waals surface area contributed by atoms with E-state index in [4.69, 9.17) is 4.98 Å². The molecule has 0 atom stereocenters. The van der Waals surface area contributed by atoms with Crippen LogP contribution in [0.1, 0.15) is 17.7 Å². The summed E-state index contributed by atoms with van der Waals surface area (Å²) in [7, 11) is 0. The van der Waals surface area contributed by atoms with Crippen molar-refractivity contribution in [3.8, 4) is 11.3 Å². The number of pyridine rings is 1. The molecule has 0 amide bonds. The van der Waals surface area contributed by atoms with Crippen molar-refractivity contribution in [3.05, 3.63) is 41.6 Å². The molecule has 3 heterocycles. The number of fused-ring (bicyclic) bond motifs is 2. The number of hydrogen-bond acceptors (Lipinski definition) is 3. The van der Waals surface area contributed by atoms with Crippen molar-refractivity contribution in [1.82, 2.24) is 4.98 Å². The van der Waals surface area contributed by atoms with Crippen LogP contribution >= 0.6 is 0 Å². The molecule has 96 valence electrons. The van der Waals surface area contributed by atoms with E-state index in [0.29, 0.717) is 0 Å². The molecule has 2 aliphatic rings. The van der Waals surface area contributed by atoms with Crippen LogP contribution in [0.15, 0.2) is 30.3 Å². The van der Waals surface area contributed by atoms with Crippen LogP contribution in [0.5, 0.6) is 0 Å². The number of benzene rings is 1. The highest BCUT2D eigenvalue weighted by Gasteiger charge is 2.14. The fourth-order valence-electron chi connectivity index (χ4n) is 2.96. The molecule has 2 aliphatic heterocycles. The Morgan fingerprint density at radius 1 is 0.895 bits per heavy atom. The second kappa shape index (κ2) is 4.26. The number of aryl methyl sites for hydroxylation is 1. The lowest BCUT2D eigenvalue weighted by molar-refractivity contribution is 0.803. The van der Waals surface area contributed by atoms with Crippen molar-refractivity contribution in [1.29, 1.82) is 0 Å². The molecule has 0 unspecified atom stereocenters. The summed E-state index contributed by atoms with van der Waals surface area (Å²) in [5.74, 6) is 0. The van der Waals surface area contributed by atoms with Crippen LogP contribution in [0.3, 0.4) is 0 Å². The molecular weight excluding hydrogens is 234 g/mol. The van der Waals surface area contributed by atoms with Gasteiger partial charge in [0.1, 0.15) is 0 Å². The molecule has 1 aromatic heterocycles. The van der Waals surface area contributed by atoms with Gasteiger partial charge in [-0.2, -0.15) is 0 Å². The zero-order valence-corrected chi connectivity index (χ0v) is 10.9. The smallest absolute Gasteiger partial charge is 0.0707 e. The van der Waals surface area contributed by atoms with Crippen molar-refractivity contribution in [2.45, 2.75) is 19.3 Å². The molecule has 0 saturated heterocycles. The van der Waals surface area contributed by atoms with Crippen molar-refractivity contribution < 1.29 is 0 Å². The highest BCUT2D eigenvalue weighted by Crippen LogP contribution is 2.29. The summed E-state index contributed by atoms with van der Waals surface area (Å²) in [6, 6.07) is 10.9. The lowest BCUT2D eigenvalue weighted by Gasteiger charge is -2.17. The maximum atomic E-state index is 4.83. The molecule has 3 nitrogen and oxygen atoms in total. The minimum Gasteiger partial charge on any atom is -0.384 e. The number of hydrogen-bond donors (Lipinski definition) is 2. The first-order chi connectivity index (χ1) is 9.40. The van der Waals surface area contributed by atoms with Crippen molar-refractivity contribution in [2.24, 2.45) is 0 Å². The fourth-order valence-corrected chi connectivity index (χ4v) is 2.96. The Bertz CT molecular complexity index is 634. The van der Waals surface area contributed by atoms with Gasteiger partial charge in [-0.15, -0.1) is 0 Å². The summed E-state index contributed by atoms with van der Waals surface area (Å²) >= 11 is 0. The molecule has 3 heteroatoms. The van der Waals surface area contributed by atoms with E-state index in [1.54, 1.807) is 0 Å². The zero-order valence-electron chi connectivity index (χ0n) is 10.9. The summed E-state index contributed by atoms with van der Waals surface area (Å²) in [6.45, 7) is 2.12. The summed E-state index contributed by atoms with van der Waals surface area (Å²) in [5.41, 5.74) is 7.44. The maximum Gasteiger partial charge on any atom is 0.0707 e. The van der Waals surface area contributed by atoms with E-state index in [9.17, 15) is 0 Å². The second-order valence-electron chi connectivity index (χ2n) is 5.27. The first kappa shape index (κ1) is 10.9. The van der Waals surface area contributed by atoms with Gasteiger partial charge in [0.25, 0.3) is 0 Å². The van der Waals surface area contributed by atoms with E-state index in [1.807, 2.05) is 0 Å². The summed E-state index contributed by atoms with van der Waals surface area (Å²) in [6.07, 6.45) is 3.38. The van der Waals surface area contributed by atoms with E-state index in [2.05, 4.69) is 41.0 Å². The minimum atomic E-state index is 1.06. The van der Waals surface area contributed by atoms with E-state index in [-0.39, 0.29) is 0 Å². The Morgan fingerprint density at radius 2 is 1.79 bits per heavy atom. The van der Waals surface area contributed by atoms with Gasteiger partial charge in [0.2, 0.25) is 0 Å². The molecule has 1 aromatic carbocycles. The molecule has 0 bridgehead atoms. The number of aromatic nitrogens is 1. The van der Waals surface area contributed by atoms with Gasteiger partial charge in [-0.3, -0.25) is 4.98 Å². The van der Waals surface area contributed by atoms with E-state index in [0.717, 1.165) is 31.6 Å². The standard InChI is InChI=1S/C16H17N3/c1-2-16-15(17-8-1)6-5-14(19-16)11-3-4-13-12(10-11)7-9-18-13/h3-6,10,17-18H,1-2,7-9H2. The van der Waals surface area contributed by atoms with Crippen LogP contribution in [-0.2, 0) is 12.8 Å². The van der Waals surface area contributed by atoms with Gasteiger partial charge < -0.3 is 10.6 Å². The van der Waals surface area contributed by atoms with Crippen LogP contribution < -0.4 is 10.6 Å². The lowest BCUT2D eigenvalue weighted by Crippen LogP contribution is -2.13. The molecule has 19 heavy (non-hydrogen) atoms. The van der Waals surface area contributed by atoms with E-state index < -0.39 is 0 Å². The normalized spacial score (nSPS) is 16.2. The third kappa shape index (κ3) is 1.86. The van der Waals surface area contributed by atoms with E-state index >= 15 is 0 Å². The van der Waals surface area contributed by atoms with Crippen LogP contribution in [0, 0.1) is 0 Å². The highest BCUT2D eigenvalue weighted by molar-refractivity contribution is 5.69. The van der Waals surface area contributed by atoms with Gasteiger partial charge >= 0.3 is 0 Å². The summed E-state index contributed by atoms with van der Waals surface area (Å²) < 4.78 is 0. The summed E-state index contributed by atoms with van der Waals surface area (Å²) in [4.78, 5) is 4.83. The molecule has 0 radical (unpaired) electrons. The molecule has 0 saturated carbocycles. The molecule has 2 aromatic rings. The average molecular weight is 251 g/mol. The Kier molecular flexibility index (Phi) is 2.44. The number of nitrogens with zero attached hydrogens (tertiary/aromatic N) is 1. The van der Waals surface area contributed by atoms with Gasteiger partial charge in [0, 0.05) is 24.3 Å². The van der Waals surface area contributed by atoms with Gasteiger partial charge in [0.05, 0.1) is 17.1 Å². The van der Waals surface area contributed by atoms with Gasteiger partial charge in [-0.25, -0.2) is 0 Å². The first-order valence-corrected chi connectivity index (χ1v) is 7.01. The highest BCUT2D eigenvalue weighted by atomic mass is 14.9. The van der Waals surface area contributed by atoms with Crippen LogP contribution in [-0.4, -0.2) is 18.1 Å². The predicted molar refractivity (Wildman–Crippen MR) is 78.7 cm³/mol. The van der Waals surface area contributed by atoms with Gasteiger partial charge in [0.15, 0.2) is 0 Å². The maximum absolute atomic E-state index is 4.83. The second-order valence-corrected chi connectivity index (χ2v) is 5.27. The van der Waals surface area contributed by atoms with Crippen molar-refractivity contribution in [3.63, 3.8) is 0 Å². The average Bonchev–Trinajstić information content (AvgIpc) is 2.94. The topological polar surface area (TPSA) is 37.0 Å². The molecule has 0 aliphatic carbocycles. The molecule has 0 spiro atoms. The SMILES string of the molecule is c1cc2c(cc1-c1ccc3c(n1)CCCN3)CCN2. The van der Waals surface area contributed by atoms with Crippen LogP contribution in [0.25, 0.3) is 11.3 Å². The Hall–Kier alpha value is -2.03. The number of nitrogens with one attached hydrogen (secondary N) is 2. The van der Waals surface area contributed by atoms with Crippen molar-refractivity contribution >= 4 is 11.4 Å². The van der Waals surface area contributed by atoms with Gasteiger partial charge in [-0.1, -0.05) is 6.07 Å². The molecule has 0 fully saturated rings. The van der Waals surface area contributed by atoms with Crippen LogP contribution in [0.4, 0.5) is 11.4 Å². The zero-order chi connectivity index (χ0) is 12.7. The Labute approximate surface area is 113 Å². The monoisotopic (exact) mass is 251 g/mol. The largest absolute Gasteiger partial charge is 0.384 e. The third-order valence-electron chi connectivity index (χ3n) is 3.99. The Balaban J connectivity index is 1.76. The first-order valence-electron chi connectivity index (χ1n) is 7.01. The summed E-state index contributed by atoms with van der Waals surface area (Å²) in [5, 5.41) is 6.81. The minimum absolute atomic E-state index is 1.06. The van der Waals surface area contributed by atoms with Crippen molar-refractivity contribution in [2.75, 3.05) is 23.7 Å². The van der Waals surface area contributed by atoms with Crippen LogP contribution in [0.2, 0.25) is 0 Å². The molecule has 4 rings (SSSR count). The lowest BCUT2D eigenvalue weighted by atomic mass is 10.0. The quantitative estimate of drug-likeness (QED) is 0.818.